The van der Waals surface area contributed by atoms with E-state index in [-0.39, 0.29) is 28.5 Å². The van der Waals surface area contributed by atoms with Crippen LogP contribution in [0, 0.1) is 5.82 Å². The zero-order chi connectivity index (χ0) is 24.9. The van der Waals surface area contributed by atoms with Gasteiger partial charge in [0.05, 0.1) is 17.9 Å². The molecule has 0 aromatic heterocycles. The minimum Gasteiger partial charge on any atom is -0.462 e. The lowest BCUT2D eigenvalue weighted by Gasteiger charge is -2.18. The lowest BCUT2D eigenvalue weighted by Crippen LogP contribution is -2.33. The number of para-hydroxylation sites is 1. The van der Waals surface area contributed by atoms with Gasteiger partial charge in [-0.2, -0.15) is 0 Å². The largest absolute Gasteiger partial charge is 0.462 e. The van der Waals surface area contributed by atoms with Gasteiger partial charge < -0.3 is 10.1 Å². The van der Waals surface area contributed by atoms with Crippen molar-refractivity contribution in [2.75, 3.05) is 16.8 Å². The van der Waals surface area contributed by atoms with Gasteiger partial charge in [0.2, 0.25) is 0 Å². The fraction of sp³-hybridized carbons (Fsp3) is 0.115. The van der Waals surface area contributed by atoms with Gasteiger partial charge in [0.1, 0.15) is 16.4 Å². The molecule has 1 aliphatic heterocycles. The Hall–Kier alpha value is -3.62. The standard InChI is InChI=1S/C26H20ClFN2O4S/c1-2-15-34-26(33)20-5-3-4-6-21(20)30-24(31)22(29-18-11-9-17(28)10-12-18)23(25(30)32)35-19-13-7-16(27)8-14-19/h3-14,29H,2,15H2,1H3. The number of anilines is 2. The Labute approximate surface area is 210 Å². The van der Waals surface area contributed by atoms with E-state index >= 15 is 0 Å². The summed E-state index contributed by atoms with van der Waals surface area (Å²) in [6, 6.07) is 18.5. The molecule has 0 unspecified atom stereocenters. The number of rotatable bonds is 8. The summed E-state index contributed by atoms with van der Waals surface area (Å²) in [6.45, 7) is 2.08. The topological polar surface area (TPSA) is 75.7 Å². The summed E-state index contributed by atoms with van der Waals surface area (Å²) in [6.07, 6.45) is 0.630. The molecule has 0 spiro atoms. The SMILES string of the molecule is CCCOC(=O)c1ccccc1N1C(=O)C(Nc2ccc(F)cc2)=C(Sc2ccc(Cl)cc2)C1=O. The summed E-state index contributed by atoms with van der Waals surface area (Å²) in [5.74, 6) is -2.31. The first-order valence-corrected chi connectivity index (χ1v) is 11.9. The number of nitrogens with one attached hydrogen (secondary N) is 1. The van der Waals surface area contributed by atoms with Crippen molar-refractivity contribution in [1.82, 2.24) is 0 Å². The number of ether oxygens (including phenoxy) is 1. The molecule has 0 bridgehead atoms. The number of thioether (sulfide) groups is 1. The highest BCUT2D eigenvalue weighted by Gasteiger charge is 2.41. The number of nitrogens with zero attached hydrogens (tertiary/aromatic N) is 1. The molecule has 9 heteroatoms. The summed E-state index contributed by atoms with van der Waals surface area (Å²) in [5, 5.41) is 3.48. The van der Waals surface area contributed by atoms with E-state index in [1.807, 2.05) is 6.92 Å². The van der Waals surface area contributed by atoms with Crippen LogP contribution in [-0.2, 0) is 14.3 Å². The summed E-state index contributed by atoms with van der Waals surface area (Å²) >= 11 is 7.06. The predicted octanol–water partition coefficient (Wildman–Crippen LogP) is 6.04. The van der Waals surface area contributed by atoms with Crippen LogP contribution >= 0.6 is 23.4 Å². The number of imide groups is 1. The smallest absolute Gasteiger partial charge is 0.340 e. The summed E-state index contributed by atoms with van der Waals surface area (Å²) in [7, 11) is 0. The van der Waals surface area contributed by atoms with Crippen molar-refractivity contribution in [1.29, 1.82) is 0 Å². The molecule has 0 atom stereocenters. The normalized spacial score (nSPS) is 13.4. The molecule has 6 nitrogen and oxygen atoms in total. The second-order valence-electron chi connectivity index (χ2n) is 7.49. The molecule has 0 fully saturated rings. The van der Waals surface area contributed by atoms with E-state index < -0.39 is 23.6 Å². The predicted molar refractivity (Wildman–Crippen MR) is 134 cm³/mol. The van der Waals surface area contributed by atoms with Gasteiger partial charge in [0, 0.05) is 15.6 Å². The van der Waals surface area contributed by atoms with Crippen molar-refractivity contribution in [3.63, 3.8) is 0 Å². The maximum Gasteiger partial charge on any atom is 0.340 e. The van der Waals surface area contributed by atoms with E-state index in [1.165, 1.54) is 36.4 Å². The van der Waals surface area contributed by atoms with Crippen LogP contribution in [0.2, 0.25) is 5.02 Å². The van der Waals surface area contributed by atoms with E-state index in [2.05, 4.69) is 5.32 Å². The van der Waals surface area contributed by atoms with Crippen molar-refractivity contribution < 1.29 is 23.5 Å². The number of esters is 1. The molecule has 0 saturated heterocycles. The van der Waals surface area contributed by atoms with Crippen LogP contribution in [0.3, 0.4) is 0 Å². The van der Waals surface area contributed by atoms with Gasteiger partial charge in [-0.15, -0.1) is 0 Å². The Morgan fingerprint density at radius 1 is 1.00 bits per heavy atom. The van der Waals surface area contributed by atoms with Gasteiger partial charge >= 0.3 is 5.97 Å². The monoisotopic (exact) mass is 510 g/mol. The molecular weight excluding hydrogens is 491 g/mol. The van der Waals surface area contributed by atoms with Crippen LogP contribution in [0.4, 0.5) is 15.8 Å². The van der Waals surface area contributed by atoms with Gasteiger partial charge in [-0.1, -0.05) is 42.4 Å². The Balaban J connectivity index is 1.74. The van der Waals surface area contributed by atoms with E-state index in [0.717, 1.165) is 16.7 Å². The Kier molecular flexibility index (Phi) is 7.53. The zero-order valence-electron chi connectivity index (χ0n) is 18.6. The first-order chi connectivity index (χ1) is 16.9. The molecule has 3 aromatic carbocycles. The number of carbonyl (C=O) groups is 3. The van der Waals surface area contributed by atoms with Crippen molar-refractivity contribution in [3.05, 3.63) is 99.8 Å². The third-order valence-electron chi connectivity index (χ3n) is 4.99. The molecule has 0 radical (unpaired) electrons. The highest BCUT2D eigenvalue weighted by Crippen LogP contribution is 2.39. The second-order valence-corrected chi connectivity index (χ2v) is 9.01. The van der Waals surface area contributed by atoms with E-state index in [0.29, 0.717) is 22.0 Å². The third kappa shape index (κ3) is 5.39. The highest BCUT2D eigenvalue weighted by atomic mass is 35.5. The fourth-order valence-corrected chi connectivity index (χ4v) is 4.40. The van der Waals surface area contributed by atoms with E-state index in [9.17, 15) is 18.8 Å². The van der Waals surface area contributed by atoms with Crippen LogP contribution < -0.4 is 10.2 Å². The van der Waals surface area contributed by atoms with Gasteiger partial charge in [-0.05, 0) is 67.1 Å². The van der Waals surface area contributed by atoms with Crippen LogP contribution in [0.5, 0.6) is 0 Å². The van der Waals surface area contributed by atoms with Crippen molar-refractivity contribution in [2.45, 2.75) is 18.2 Å². The average Bonchev–Trinajstić information content (AvgIpc) is 3.09. The molecule has 1 heterocycles. The summed E-state index contributed by atoms with van der Waals surface area (Å²) in [5.41, 5.74) is 0.655. The Bertz CT molecular complexity index is 1240. The fourth-order valence-electron chi connectivity index (χ4n) is 3.35. The Morgan fingerprint density at radius 2 is 1.69 bits per heavy atom. The van der Waals surface area contributed by atoms with Crippen LogP contribution in [0.15, 0.2) is 88.3 Å². The summed E-state index contributed by atoms with van der Waals surface area (Å²) < 4.78 is 18.6. The zero-order valence-corrected chi connectivity index (χ0v) is 20.2. The van der Waals surface area contributed by atoms with Crippen LogP contribution in [0.25, 0.3) is 0 Å². The molecule has 0 aliphatic carbocycles. The average molecular weight is 511 g/mol. The lowest BCUT2D eigenvalue weighted by molar-refractivity contribution is -0.120. The Morgan fingerprint density at radius 3 is 2.37 bits per heavy atom. The van der Waals surface area contributed by atoms with Crippen LogP contribution in [-0.4, -0.2) is 24.4 Å². The van der Waals surface area contributed by atoms with Gasteiger partial charge in [-0.25, -0.2) is 14.1 Å². The third-order valence-corrected chi connectivity index (χ3v) is 6.33. The summed E-state index contributed by atoms with van der Waals surface area (Å²) in [4.78, 5) is 41.5. The number of hydrogen-bond donors (Lipinski definition) is 1. The van der Waals surface area contributed by atoms with Crippen molar-refractivity contribution >= 4 is 52.5 Å². The molecular formula is C26H20ClFN2O4S. The maximum atomic E-state index is 13.6. The molecule has 178 valence electrons. The lowest BCUT2D eigenvalue weighted by atomic mass is 10.1. The highest BCUT2D eigenvalue weighted by molar-refractivity contribution is 8.04. The quantitative estimate of drug-likeness (QED) is 0.294. The number of benzene rings is 3. The minimum atomic E-state index is -0.647. The van der Waals surface area contributed by atoms with Gasteiger partial charge in [0.15, 0.2) is 0 Å². The molecule has 35 heavy (non-hydrogen) atoms. The molecule has 4 rings (SSSR count). The molecule has 3 aromatic rings. The molecule has 0 saturated carbocycles. The first-order valence-electron chi connectivity index (χ1n) is 10.7. The number of amides is 2. The van der Waals surface area contributed by atoms with Gasteiger partial charge in [-0.3, -0.25) is 9.59 Å². The van der Waals surface area contributed by atoms with E-state index in [4.69, 9.17) is 16.3 Å². The molecule has 1 aliphatic rings. The first kappa shape index (κ1) is 24.5. The van der Waals surface area contributed by atoms with Crippen molar-refractivity contribution in [2.24, 2.45) is 0 Å². The molecule has 1 N–H and O–H groups in total. The number of hydrogen-bond acceptors (Lipinski definition) is 6. The second kappa shape index (κ2) is 10.8. The minimum absolute atomic E-state index is 0.0123. The number of carbonyl (C=O) groups excluding carboxylic acids is 3. The van der Waals surface area contributed by atoms with Crippen LogP contribution in [0.1, 0.15) is 23.7 Å². The number of halogens is 2. The van der Waals surface area contributed by atoms with Crippen molar-refractivity contribution in [3.8, 4) is 0 Å². The maximum absolute atomic E-state index is 13.6. The van der Waals surface area contributed by atoms with E-state index in [1.54, 1.807) is 36.4 Å². The molecule has 2 amide bonds. The van der Waals surface area contributed by atoms with Gasteiger partial charge in [0.25, 0.3) is 11.8 Å².